The van der Waals surface area contributed by atoms with Crippen molar-refractivity contribution in [2.75, 3.05) is 12.4 Å². The van der Waals surface area contributed by atoms with Crippen molar-refractivity contribution in [2.24, 2.45) is 0 Å². The number of pyridine rings is 1. The number of benzene rings is 2. The number of halogens is 1. The van der Waals surface area contributed by atoms with Gasteiger partial charge in [-0.05, 0) is 73.0 Å². The standard InChI is InChI=1S/C27H24BrN3O4/c1-17-15-19(27(34)30-21-8-13-25(35-2)29-16-21)5-11-23(17)31-22(10-14-26(32)33)9-12-24(31)18-3-6-20(28)7-4-18/h3-9,11-13,15-16H,10,14H2,1-2H3,(H,30,34)(H,32,33). The van der Waals surface area contributed by atoms with Crippen LogP contribution in [-0.2, 0) is 11.2 Å². The van der Waals surface area contributed by atoms with E-state index < -0.39 is 5.97 Å². The molecule has 0 aliphatic carbocycles. The highest BCUT2D eigenvalue weighted by Gasteiger charge is 2.16. The van der Waals surface area contributed by atoms with Crippen LogP contribution in [0.15, 0.2) is 77.4 Å². The second kappa shape index (κ2) is 10.6. The van der Waals surface area contributed by atoms with Crippen molar-refractivity contribution in [2.45, 2.75) is 19.8 Å². The third-order valence-corrected chi connectivity index (χ3v) is 6.13. The fourth-order valence-corrected chi connectivity index (χ4v) is 4.13. The van der Waals surface area contributed by atoms with Gasteiger partial charge in [0.1, 0.15) is 0 Å². The maximum Gasteiger partial charge on any atom is 0.303 e. The predicted molar refractivity (Wildman–Crippen MR) is 138 cm³/mol. The van der Waals surface area contributed by atoms with E-state index in [1.807, 2.05) is 55.5 Å². The average molecular weight is 534 g/mol. The Balaban J connectivity index is 1.68. The van der Waals surface area contributed by atoms with Crippen LogP contribution in [0.3, 0.4) is 0 Å². The van der Waals surface area contributed by atoms with Crippen LogP contribution in [0.4, 0.5) is 5.69 Å². The van der Waals surface area contributed by atoms with Gasteiger partial charge in [0, 0.05) is 27.5 Å². The lowest BCUT2D eigenvalue weighted by Crippen LogP contribution is -2.13. The molecular weight excluding hydrogens is 510 g/mol. The molecule has 2 aromatic heterocycles. The summed E-state index contributed by atoms with van der Waals surface area (Å²) >= 11 is 3.47. The highest BCUT2D eigenvalue weighted by Crippen LogP contribution is 2.30. The molecule has 178 valence electrons. The number of aliphatic carboxylic acids is 1. The number of aryl methyl sites for hydroxylation is 2. The SMILES string of the molecule is COc1ccc(NC(=O)c2ccc(-n3c(CCC(=O)O)ccc3-c3ccc(Br)cc3)c(C)c2)cn1. The van der Waals surface area contributed by atoms with E-state index in [-0.39, 0.29) is 12.3 Å². The van der Waals surface area contributed by atoms with Gasteiger partial charge in [0.25, 0.3) is 5.91 Å². The van der Waals surface area contributed by atoms with Crippen molar-refractivity contribution >= 4 is 33.5 Å². The summed E-state index contributed by atoms with van der Waals surface area (Å²) in [7, 11) is 1.53. The lowest BCUT2D eigenvalue weighted by Gasteiger charge is -2.17. The number of amides is 1. The molecule has 0 atom stereocenters. The van der Waals surface area contributed by atoms with Crippen LogP contribution in [0.25, 0.3) is 16.9 Å². The Labute approximate surface area is 211 Å². The van der Waals surface area contributed by atoms with Gasteiger partial charge in [-0.25, -0.2) is 4.98 Å². The number of anilines is 1. The molecule has 0 aliphatic heterocycles. The quantitative estimate of drug-likeness (QED) is 0.294. The number of nitrogens with one attached hydrogen (secondary N) is 1. The monoisotopic (exact) mass is 533 g/mol. The number of nitrogens with zero attached hydrogens (tertiary/aromatic N) is 2. The topological polar surface area (TPSA) is 93.5 Å². The van der Waals surface area contributed by atoms with Crippen molar-refractivity contribution < 1.29 is 19.4 Å². The van der Waals surface area contributed by atoms with Crippen molar-refractivity contribution in [3.05, 3.63) is 94.2 Å². The fourth-order valence-electron chi connectivity index (χ4n) is 3.87. The first-order valence-corrected chi connectivity index (χ1v) is 11.8. The molecule has 0 aliphatic rings. The number of carboxylic acid groups (broad SMARTS) is 1. The number of ether oxygens (including phenoxy) is 1. The molecule has 0 unspecified atom stereocenters. The minimum atomic E-state index is -0.847. The second-order valence-electron chi connectivity index (χ2n) is 7.99. The van der Waals surface area contributed by atoms with E-state index in [9.17, 15) is 14.7 Å². The number of hydrogen-bond donors (Lipinski definition) is 2. The summed E-state index contributed by atoms with van der Waals surface area (Å²) in [4.78, 5) is 28.2. The Morgan fingerprint density at radius 3 is 2.46 bits per heavy atom. The zero-order valence-electron chi connectivity index (χ0n) is 19.3. The molecule has 4 rings (SSSR count). The molecule has 7 nitrogen and oxygen atoms in total. The fraction of sp³-hybridized carbons (Fsp3) is 0.148. The molecule has 2 aromatic carbocycles. The molecule has 0 radical (unpaired) electrons. The largest absolute Gasteiger partial charge is 0.481 e. The molecule has 8 heteroatoms. The maximum absolute atomic E-state index is 12.8. The molecule has 0 saturated heterocycles. The average Bonchev–Trinajstić information content (AvgIpc) is 3.27. The zero-order valence-corrected chi connectivity index (χ0v) is 20.9. The van der Waals surface area contributed by atoms with Crippen LogP contribution in [0.1, 0.15) is 28.0 Å². The minimum Gasteiger partial charge on any atom is -0.481 e. The third kappa shape index (κ3) is 5.60. The summed E-state index contributed by atoms with van der Waals surface area (Å²) < 4.78 is 8.09. The van der Waals surface area contributed by atoms with E-state index in [2.05, 4.69) is 30.8 Å². The molecule has 0 bridgehead atoms. The summed E-state index contributed by atoms with van der Waals surface area (Å²) in [5.74, 6) is -0.631. The summed E-state index contributed by atoms with van der Waals surface area (Å²) in [6, 6.07) is 20.8. The predicted octanol–water partition coefficient (Wildman–Crippen LogP) is 5.89. The molecular formula is C27H24BrN3O4. The van der Waals surface area contributed by atoms with Crippen LogP contribution < -0.4 is 10.1 Å². The van der Waals surface area contributed by atoms with Crippen LogP contribution in [0.2, 0.25) is 0 Å². The Morgan fingerprint density at radius 2 is 1.83 bits per heavy atom. The van der Waals surface area contributed by atoms with Gasteiger partial charge in [-0.1, -0.05) is 28.1 Å². The molecule has 2 N–H and O–H groups in total. The van der Waals surface area contributed by atoms with Crippen LogP contribution in [-0.4, -0.2) is 33.6 Å². The Bertz CT molecular complexity index is 1360. The van der Waals surface area contributed by atoms with Gasteiger partial charge in [-0.2, -0.15) is 0 Å². The van der Waals surface area contributed by atoms with Gasteiger partial charge in [-0.15, -0.1) is 0 Å². The van der Waals surface area contributed by atoms with Gasteiger partial charge in [0.15, 0.2) is 0 Å². The van der Waals surface area contributed by atoms with Crippen molar-refractivity contribution in [1.82, 2.24) is 9.55 Å². The second-order valence-corrected chi connectivity index (χ2v) is 8.91. The van der Waals surface area contributed by atoms with Gasteiger partial charge < -0.3 is 19.7 Å². The van der Waals surface area contributed by atoms with Gasteiger partial charge in [0.2, 0.25) is 5.88 Å². The highest BCUT2D eigenvalue weighted by atomic mass is 79.9. The van der Waals surface area contributed by atoms with Crippen LogP contribution >= 0.6 is 15.9 Å². The van der Waals surface area contributed by atoms with Gasteiger partial charge in [0.05, 0.1) is 31.1 Å². The van der Waals surface area contributed by atoms with Crippen molar-refractivity contribution in [3.63, 3.8) is 0 Å². The normalized spacial score (nSPS) is 10.7. The van der Waals surface area contributed by atoms with E-state index in [1.165, 1.54) is 13.3 Å². The first kappa shape index (κ1) is 24.2. The molecule has 0 spiro atoms. The third-order valence-electron chi connectivity index (χ3n) is 5.60. The van der Waals surface area contributed by atoms with Gasteiger partial charge >= 0.3 is 5.97 Å². The van der Waals surface area contributed by atoms with Crippen molar-refractivity contribution in [3.8, 4) is 22.8 Å². The summed E-state index contributed by atoms with van der Waals surface area (Å²) in [5, 5.41) is 12.1. The molecule has 35 heavy (non-hydrogen) atoms. The van der Waals surface area contributed by atoms with Crippen LogP contribution in [0.5, 0.6) is 5.88 Å². The molecule has 4 aromatic rings. The smallest absolute Gasteiger partial charge is 0.303 e. The number of aromatic nitrogens is 2. The number of carboxylic acids is 1. The van der Waals surface area contributed by atoms with E-state index in [0.29, 0.717) is 23.6 Å². The molecule has 0 saturated carbocycles. The summed E-state index contributed by atoms with van der Waals surface area (Å²) in [5.41, 5.74) is 5.68. The van der Waals surface area contributed by atoms with Gasteiger partial charge in [-0.3, -0.25) is 9.59 Å². The van der Waals surface area contributed by atoms with E-state index in [4.69, 9.17) is 4.74 Å². The first-order chi connectivity index (χ1) is 16.9. The first-order valence-electron chi connectivity index (χ1n) is 11.0. The Hall–Kier alpha value is -3.91. The summed E-state index contributed by atoms with van der Waals surface area (Å²) in [6.45, 7) is 1.94. The number of hydrogen-bond acceptors (Lipinski definition) is 4. The number of methoxy groups -OCH3 is 1. The molecule has 2 heterocycles. The highest BCUT2D eigenvalue weighted by molar-refractivity contribution is 9.10. The van der Waals surface area contributed by atoms with E-state index >= 15 is 0 Å². The van der Waals surface area contributed by atoms with Crippen molar-refractivity contribution in [1.29, 1.82) is 0 Å². The Kier molecular flexibility index (Phi) is 7.31. The zero-order chi connectivity index (χ0) is 24.9. The maximum atomic E-state index is 12.8. The molecule has 1 amide bonds. The molecule has 0 fully saturated rings. The summed E-state index contributed by atoms with van der Waals surface area (Å²) in [6.07, 6.45) is 1.95. The Morgan fingerprint density at radius 1 is 1.06 bits per heavy atom. The minimum absolute atomic E-state index is 0.0270. The lowest BCUT2D eigenvalue weighted by molar-refractivity contribution is -0.136. The number of rotatable bonds is 8. The van der Waals surface area contributed by atoms with Crippen LogP contribution in [0, 0.1) is 6.92 Å². The van der Waals surface area contributed by atoms with E-state index in [0.717, 1.165) is 32.7 Å². The van der Waals surface area contributed by atoms with E-state index in [1.54, 1.807) is 18.2 Å². The number of carbonyl (C=O) groups is 2. The lowest BCUT2D eigenvalue weighted by atomic mass is 10.1. The number of carbonyl (C=O) groups excluding carboxylic acids is 1.